The van der Waals surface area contributed by atoms with Gasteiger partial charge in [-0.05, 0) is 42.0 Å². The van der Waals surface area contributed by atoms with Crippen LogP contribution in [0.15, 0.2) is 58.7 Å². The number of hydrogen-bond donors (Lipinski definition) is 0. The minimum Gasteiger partial charge on any atom is -0.423 e. The van der Waals surface area contributed by atoms with Crippen LogP contribution in [0.5, 0.6) is 5.75 Å². The molecule has 0 fully saturated rings. The summed E-state index contributed by atoms with van der Waals surface area (Å²) in [4.78, 5) is 32.4. The van der Waals surface area contributed by atoms with E-state index in [0.29, 0.717) is 15.6 Å². The number of hydrogen-bond acceptors (Lipinski definition) is 6. The number of ether oxygens (including phenoxy) is 1. The fourth-order valence-electron chi connectivity index (χ4n) is 2.02. The fraction of sp³-hybridized carbons (Fsp3) is 0.0556. The van der Waals surface area contributed by atoms with Gasteiger partial charge in [-0.1, -0.05) is 15.9 Å². The Kier molecular flexibility index (Phi) is 6.56. The predicted octanol–water partition coefficient (Wildman–Crippen LogP) is 4.61. The smallest absolute Gasteiger partial charge is 0.336 e. The van der Waals surface area contributed by atoms with Crippen molar-refractivity contribution in [3.63, 3.8) is 0 Å². The third kappa shape index (κ3) is 5.86. The lowest BCUT2D eigenvalue weighted by Crippen LogP contribution is -2.05. The van der Waals surface area contributed by atoms with E-state index in [0.717, 1.165) is 6.08 Å². The Labute approximate surface area is 162 Å². The van der Waals surface area contributed by atoms with E-state index in [1.165, 1.54) is 49.4 Å². The molecule has 27 heavy (non-hydrogen) atoms. The van der Waals surface area contributed by atoms with Crippen LogP contribution in [0.1, 0.15) is 18.1 Å². The first-order valence-electron chi connectivity index (χ1n) is 7.53. The molecule has 0 aliphatic heterocycles. The Morgan fingerprint density at radius 3 is 2.37 bits per heavy atom. The lowest BCUT2D eigenvalue weighted by molar-refractivity contribution is -0.422. The normalized spacial score (nSPS) is 11.4. The van der Waals surface area contributed by atoms with Gasteiger partial charge in [0.2, 0.25) is 5.70 Å². The summed E-state index contributed by atoms with van der Waals surface area (Å²) in [5, 5.41) is 21.4. The molecule has 0 heterocycles. The average Bonchev–Trinajstić information content (AvgIpc) is 2.62. The molecule has 0 aliphatic carbocycles. The van der Waals surface area contributed by atoms with Gasteiger partial charge in [0.05, 0.1) is 9.85 Å². The molecule has 9 heteroatoms. The maximum atomic E-state index is 12.0. The molecule has 138 valence electrons. The highest BCUT2D eigenvalue weighted by molar-refractivity contribution is 9.10. The SMILES string of the molecule is C/C(=C\c1cc(Br)ccc1OC(=O)/C=C/c1ccc([N+](=O)[O-])cc1)[N+](=O)[O-]. The van der Waals surface area contributed by atoms with Crippen molar-refractivity contribution in [3.05, 3.63) is 90.1 Å². The number of carbonyl (C=O) groups excluding carboxylic acids is 1. The Bertz CT molecular complexity index is 951. The Hall–Kier alpha value is -3.33. The van der Waals surface area contributed by atoms with Gasteiger partial charge in [0.1, 0.15) is 5.75 Å². The molecule has 0 aromatic heterocycles. The lowest BCUT2D eigenvalue weighted by atomic mass is 10.1. The minimum absolute atomic E-state index is 0.0535. The third-order valence-electron chi connectivity index (χ3n) is 3.35. The number of nitrogens with zero attached hydrogens (tertiary/aromatic N) is 2. The van der Waals surface area contributed by atoms with Crippen LogP contribution in [0.4, 0.5) is 5.69 Å². The van der Waals surface area contributed by atoms with Gasteiger partial charge >= 0.3 is 5.97 Å². The Morgan fingerprint density at radius 2 is 1.78 bits per heavy atom. The first-order chi connectivity index (χ1) is 12.8. The van der Waals surface area contributed by atoms with E-state index < -0.39 is 15.8 Å². The molecule has 2 rings (SSSR count). The largest absolute Gasteiger partial charge is 0.423 e. The molecule has 0 saturated carbocycles. The van der Waals surface area contributed by atoms with Gasteiger partial charge in [0.25, 0.3) is 5.69 Å². The molecule has 0 amide bonds. The second-order valence-electron chi connectivity index (χ2n) is 5.33. The van der Waals surface area contributed by atoms with Crippen molar-refractivity contribution in [1.29, 1.82) is 0 Å². The number of rotatable bonds is 6. The summed E-state index contributed by atoms with van der Waals surface area (Å²) in [6, 6.07) is 10.4. The van der Waals surface area contributed by atoms with Crippen molar-refractivity contribution < 1.29 is 19.4 Å². The number of non-ortho nitro benzene ring substituents is 1. The first kappa shape index (κ1) is 20.0. The molecule has 2 aromatic carbocycles. The Balaban J connectivity index is 2.16. The molecular formula is C18H13BrN2O6. The number of carbonyl (C=O) groups is 1. The number of benzene rings is 2. The van der Waals surface area contributed by atoms with Crippen LogP contribution in [0, 0.1) is 20.2 Å². The van der Waals surface area contributed by atoms with E-state index in [4.69, 9.17) is 4.74 Å². The molecule has 0 atom stereocenters. The number of nitro groups is 2. The topological polar surface area (TPSA) is 113 Å². The summed E-state index contributed by atoms with van der Waals surface area (Å²) in [6.07, 6.45) is 3.91. The van der Waals surface area contributed by atoms with Crippen molar-refractivity contribution in [3.8, 4) is 5.75 Å². The minimum atomic E-state index is -0.691. The number of esters is 1. The zero-order valence-corrected chi connectivity index (χ0v) is 15.6. The molecule has 0 unspecified atom stereocenters. The van der Waals surface area contributed by atoms with Gasteiger partial charge in [-0.2, -0.15) is 0 Å². The highest BCUT2D eigenvalue weighted by Crippen LogP contribution is 2.26. The van der Waals surface area contributed by atoms with Crippen LogP contribution in [0.2, 0.25) is 0 Å². The average molecular weight is 433 g/mol. The molecule has 0 spiro atoms. The molecule has 0 bridgehead atoms. The summed E-state index contributed by atoms with van der Waals surface area (Å²) in [6.45, 7) is 1.33. The zero-order chi connectivity index (χ0) is 20.0. The van der Waals surface area contributed by atoms with Crippen LogP contribution in [0.3, 0.4) is 0 Å². The van der Waals surface area contributed by atoms with Crippen molar-refractivity contribution in [2.45, 2.75) is 6.92 Å². The van der Waals surface area contributed by atoms with E-state index in [-0.39, 0.29) is 17.1 Å². The third-order valence-corrected chi connectivity index (χ3v) is 3.84. The van der Waals surface area contributed by atoms with Crippen molar-refractivity contribution in [2.24, 2.45) is 0 Å². The molecule has 0 radical (unpaired) electrons. The molecule has 2 aromatic rings. The molecule has 8 nitrogen and oxygen atoms in total. The van der Waals surface area contributed by atoms with Crippen LogP contribution in [-0.2, 0) is 4.79 Å². The summed E-state index contributed by atoms with van der Waals surface area (Å²) < 4.78 is 5.92. The van der Waals surface area contributed by atoms with Gasteiger partial charge in [-0.15, -0.1) is 0 Å². The summed E-state index contributed by atoms with van der Waals surface area (Å²) >= 11 is 3.27. The predicted molar refractivity (Wildman–Crippen MR) is 103 cm³/mol. The van der Waals surface area contributed by atoms with Crippen LogP contribution >= 0.6 is 15.9 Å². The number of nitro benzene ring substituents is 1. The van der Waals surface area contributed by atoms with Gasteiger partial charge in [0, 0.05) is 41.2 Å². The fourth-order valence-corrected chi connectivity index (χ4v) is 2.40. The second-order valence-corrected chi connectivity index (χ2v) is 6.24. The quantitative estimate of drug-likeness (QED) is 0.216. The molecule has 0 aliphatic rings. The van der Waals surface area contributed by atoms with Gasteiger partial charge < -0.3 is 4.74 Å². The number of halogens is 1. The van der Waals surface area contributed by atoms with Crippen LogP contribution < -0.4 is 4.74 Å². The number of allylic oxidation sites excluding steroid dienone is 1. The molecule has 0 N–H and O–H groups in total. The zero-order valence-electron chi connectivity index (χ0n) is 14.0. The highest BCUT2D eigenvalue weighted by Gasteiger charge is 2.10. The van der Waals surface area contributed by atoms with Crippen molar-refractivity contribution in [1.82, 2.24) is 0 Å². The summed E-state index contributed by atoms with van der Waals surface area (Å²) in [5.74, 6) is -0.526. The van der Waals surface area contributed by atoms with E-state index in [1.54, 1.807) is 12.1 Å². The van der Waals surface area contributed by atoms with E-state index >= 15 is 0 Å². The molecular weight excluding hydrogens is 420 g/mol. The monoisotopic (exact) mass is 432 g/mol. The maximum absolute atomic E-state index is 12.0. The van der Waals surface area contributed by atoms with Gasteiger partial charge in [-0.3, -0.25) is 20.2 Å². The first-order valence-corrected chi connectivity index (χ1v) is 8.32. The van der Waals surface area contributed by atoms with E-state index in [9.17, 15) is 25.0 Å². The second kappa shape index (κ2) is 8.86. The maximum Gasteiger partial charge on any atom is 0.336 e. The summed E-state index contributed by atoms with van der Waals surface area (Å²) in [7, 11) is 0. The van der Waals surface area contributed by atoms with E-state index in [2.05, 4.69) is 15.9 Å². The van der Waals surface area contributed by atoms with Gasteiger partial charge in [0.15, 0.2) is 0 Å². The van der Waals surface area contributed by atoms with Crippen LogP contribution in [-0.4, -0.2) is 15.8 Å². The van der Waals surface area contributed by atoms with Gasteiger partial charge in [-0.25, -0.2) is 4.79 Å². The molecule has 0 saturated heterocycles. The van der Waals surface area contributed by atoms with E-state index in [1.807, 2.05) is 0 Å². The van der Waals surface area contributed by atoms with Crippen LogP contribution in [0.25, 0.3) is 12.2 Å². The lowest BCUT2D eigenvalue weighted by Gasteiger charge is -2.06. The summed E-state index contributed by atoms with van der Waals surface area (Å²) in [5.41, 5.74) is 0.794. The Morgan fingerprint density at radius 1 is 1.11 bits per heavy atom. The van der Waals surface area contributed by atoms with Crippen molar-refractivity contribution in [2.75, 3.05) is 0 Å². The standard InChI is InChI=1S/C18H13BrN2O6/c1-12(20(23)24)10-14-11-15(19)5-8-17(14)27-18(22)9-4-13-2-6-16(7-3-13)21(25)26/h2-11H,1H3/b9-4+,12-10+. The highest BCUT2D eigenvalue weighted by atomic mass is 79.9. The van der Waals surface area contributed by atoms with Crippen molar-refractivity contribution >= 4 is 39.7 Å².